The molecule has 2 heteroatoms. The molecule has 0 saturated heterocycles. The van der Waals surface area contributed by atoms with Crippen LogP contribution in [0.3, 0.4) is 0 Å². The van der Waals surface area contributed by atoms with Crippen LogP contribution in [-0.4, -0.2) is 16.5 Å². The van der Waals surface area contributed by atoms with Crippen molar-refractivity contribution < 1.29 is 9.90 Å². The van der Waals surface area contributed by atoms with E-state index in [0.717, 1.165) is 44.9 Å². The third-order valence-corrected chi connectivity index (χ3v) is 7.99. The highest BCUT2D eigenvalue weighted by Gasteiger charge is 2.63. The molecular weight excluding hydrogens is 284 g/mol. The molecule has 0 radical (unpaired) electrons. The molecule has 0 aromatic rings. The molecule has 0 aromatic heterocycles. The topological polar surface area (TPSA) is 37.3 Å². The van der Waals surface area contributed by atoms with Crippen LogP contribution < -0.4 is 0 Å². The van der Waals surface area contributed by atoms with Gasteiger partial charge in [0.1, 0.15) is 11.4 Å². The second-order valence-corrected chi connectivity index (χ2v) is 8.40. The Hall–Kier alpha value is -1.07. The molecule has 4 rings (SSSR count). The van der Waals surface area contributed by atoms with Crippen LogP contribution in [0, 0.1) is 41.4 Å². The molecule has 3 saturated carbocycles. The van der Waals surface area contributed by atoms with Crippen LogP contribution >= 0.6 is 0 Å². The zero-order valence-corrected chi connectivity index (χ0v) is 14.2. The molecule has 0 amide bonds. The van der Waals surface area contributed by atoms with Crippen LogP contribution in [0.1, 0.15) is 64.7 Å². The van der Waals surface area contributed by atoms with Gasteiger partial charge in [-0.25, -0.2) is 0 Å². The molecule has 0 bridgehead atoms. The van der Waals surface area contributed by atoms with E-state index in [-0.39, 0.29) is 5.41 Å². The number of allylic oxidation sites excluding steroid dienone is 2. The van der Waals surface area contributed by atoms with E-state index in [9.17, 15) is 9.90 Å². The van der Waals surface area contributed by atoms with Crippen LogP contribution in [0.4, 0.5) is 0 Å². The predicted octanol–water partition coefficient (Wildman–Crippen LogP) is 3.88. The van der Waals surface area contributed by atoms with E-state index in [1.807, 2.05) is 0 Å². The lowest BCUT2D eigenvalue weighted by molar-refractivity contribution is -0.121. The second-order valence-electron chi connectivity index (χ2n) is 8.40. The fraction of sp³-hybridized carbons (Fsp3) is 0.762. The lowest BCUT2D eigenvalue weighted by atomic mass is 9.50. The Bertz CT molecular complexity index is 597. The number of carbonyl (C=O) groups excluding carboxylic acids is 1. The number of aliphatic hydroxyl groups is 1. The van der Waals surface area contributed by atoms with Crippen molar-refractivity contribution in [2.45, 2.75) is 70.3 Å². The van der Waals surface area contributed by atoms with Gasteiger partial charge in [-0.05, 0) is 68.6 Å². The minimum Gasteiger partial charge on any atom is -0.377 e. The van der Waals surface area contributed by atoms with Gasteiger partial charge in [0.05, 0.1) is 0 Å². The Balaban J connectivity index is 1.68. The van der Waals surface area contributed by atoms with E-state index in [0.29, 0.717) is 35.9 Å². The predicted molar refractivity (Wildman–Crippen MR) is 90.5 cm³/mol. The summed E-state index contributed by atoms with van der Waals surface area (Å²) in [5, 5.41) is 11.1. The largest absolute Gasteiger partial charge is 0.377 e. The van der Waals surface area contributed by atoms with Gasteiger partial charge in [-0.3, -0.25) is 4.79 Å². The van der Waals surface area contributed by atoms with Crippen LogP contribution in [0.25, 0.3) is 0 Å². The standard InChI is InChI=1S/C21H28O2/c1-3-20-11-9-17-16-8-6-15(22)13-14(16)5-7-18(17)19(20)10-12-21(20,23)4-2/h2,5,16-19,23H,3,6-13H2,1H3/t16-,17+,18+,19-,20+,21-/m0/s1. The van der Waals surface area contributed by atoms with Gasteiger partial charge in [0.2, 0.25) is 0 Å². The Morgan fingerprint density at radius 2 is 2.13 bits per heavy atom. The summed E-state index contributed by atoms with van der Waals surface area (Å²) in [5.41, 5.74) is 0.458. The first-order valence-corrected chi connectivity index (χ1v) is 9.45. The highest BCUT2D eigenvalue weighted by Crippen LogP contribution is 2.65. The Morgan fingerprint density at radius 3 is 2.87 bits per heavy atom. The molecule has 4 aliphatic carbocycles. The van der Waals surface area contributed by atoms with Crippen molar-refractivity contribution in [1.29, 1.82) is 0 Å². The number of hydrogen-bond donors (Lipinski definition) is 1. The molecule has 4 aliphatic rings. The average molecular weight is 312 g/mol. The SMILES string of the molecule is C#C[C@]1(O)CC[C@H]2[C@@H]3CC=C4CC(=O)CC[C@@H]4[C@H]3CC[C@]21CC. The van der Waals surface area contributed by atoms with Gasteiger partial charge in [0.25, 0.3) is 0 Å². The van der Waals surface area contributed by atoms with E-state index in [4.69, 9.17) is 6.42 Å². The van der Waals surface area contributed by atoms with Crippen molar-refractivity contribution in [2.75, 3.05) is 0 Å². The molecule has 124 valence electrons. The van der Waals surface area contributed by atoms with Gasteiger partial charge in [-0.2, -0.15) is 0 Å². The number of hydrogen-bond acceptors (Lipinski definition) is 2. The van der Waals surface area contributed by atoms with Gasteiger partial charge in [-0.1, -0.05) is 24.5 Å². The van der Waals surface area contributed by atoms with Crippen molar-refractivity contribution in [1.82, 2.24) is 0 Å². The third-order valence-electron chi connectivity index (χ3n) is 7.99. The number of rotatable bonds is 1. The fourth-order valence-electron chi connectivity index (χ4n) is 6.88. The quantitative estimate of drug-likeness (QED) is 0.589. The van der Waals surface area contributed by atoms with Crippen LogP contribution in [-0.2, 0) is 4.79 Å². The molecule has 3 fully saturated rings. The van der Waals surface area contributed by atoms with E-state index < -0.39 is 5.60 Å². The molecule has 0 spiro atoms. The third kappa shape index (κ3) is 1.96. The zero-order valence-electron chi connectivity index (χ0n) is 14.2. The van der Waals surface area contributed by atoms with Gasteiger partial charge in [-0.15, -0.1) is 6.42 Å². The van der Waals surface area contributed by atoms with Gasteiger partial charge in [0, 0.05) is 18.3 Å². The van der Waals surface area contributed by atoms with Gasteiger partial charge < -0.3 is 5.11 Å². The maximum absolute atomic E-state index is 11.8. The molecule has 23 heavy (non-hydrogen) atoms. The molecule has 2 nitrogen and oxygen atoms in total. The Morgan fingerprint density at radius 1 is 1.30 bits per heavy atom. The van der Waals surface area contributed by atoms with Crippen molar-refractivity contribution >= 4 is 5.78 Å². The number of carbonyl (C=O) groups is 1. The maximum atomic E-state index is 11.8. The summed E-state index contributed by atoms with van der Waals surface area (Å²) in [6.07, 6.45) is 16.8. The summed E-state index contributed by atoms with van der Waals surface area (Å²) in [5.74, 6) is 5.77. The van der Waals surface area contributed by atoms with E-state index in [2.05, 4.69) is 18.9 Å². The Labute approximate surface area is 139 Å². The number of fused-ring (bicyclic) bond motifs is 5. The number of Topliss-reactive ketones (excluding diaryl/α,β-unsaturated/α-hetero) is 1. The molecule has 0 heterocycles. The first-order chi connectivity index (χ1) is 11.0. The van der Waals surface area contributed by atoms with Crippen molar-refractivity contribution in [2.24, 2.45) is 29.1 Å². The lowest BCUT2D eigenvalue weighted by Gasteiger charge is -2.55. The summed E-state index contributed by atoms with van der Waals surface area (Å²) in [6.45, 7) is 2.21. The molecular formula is C21H28O2. The second kappa shape index (κ2) is 5.21. The number of terminal acetylenes is 1. The highest BCUT2D eigenvalue weighted by atomic mass is 16.3. The van der Waals surface area contributed by atoms with E-state index in [1.165, 1.54) is 12.0 Å². The lowest BCUT2D eigenvalue weighted by Crippen LogP contribution is -2.53. The summed E-state index contributed by atoms with van der Waals surface area (Å²) in [4.78, 5) is 11.8. The van der Waals surface area contributed by atoms with Crippen LogP contribution in [0.2, 0.25) is 0 Å². The zero-order chi connectivity index (χ0) is 16.2. The van der Waals surface area contributed by atoms with E-state index >= 15 is 0 Å². The van der Waals surface area contributed by atoms with Crippen LogP contribution in [0.5, 0.6) is 0 Å². The summed E-state index contributed by atoms with van der Waals surface area (Å²) >= 11 is 0. The first-order valence-electron chi connectivity index (χ1n) is 9.45. The molecule has 0 aliphatic heterocycles. The van der Waals surface area contributed by atoms with E-state index in [1.54, 1.807) is 0 Å². The summed E-state index contributed by atoms with van der Waals surface area (Å²) in [7, 11) is 0. The van der Waals surface area contributed by atoms with Crippen molar-refractivity contribution in [3.63, 3.8) is 0 Å². The fourth-order valence-corrected chi connectivity index (χ4v) is 6.88. The molecule has 0 aromatic carbocycles. The minimum atomic E-state index is -0.899. The van der Waals surface area contributed by atoms with Crippen molar-refractivity contribution in [3.05, 3.63) is 11.6 Å². The van der Waals surface area contributed by atoms with Crippen LogP contribution in [0.15, 0.2) is 11.6 Å². The van der Waals surface area contributed by atoms with Gasteiger partial charge >= 0.3 is 0 Å². The van der Waals surface area contributed by atoms with Crippen molar-refractivity contribution in [3.8, 4) is 12.3 Å². The summed E-state index contributed by atoms with van der Waals surface area (Å²) in [6, 6.07) is 0. The molecule has 6 atom stereocenters. The summed E-state index contributed by atoms with van der Waals surface area (Å²) < 4.78 is 0. The number of ketones is 1. The van der Waals surface area contributed by atoms with Gasteiger partial charge in [0.15, 0.2) is 0 Å². The molecule has 1 N–H and O–H groups in total. The highest BCUT2D eigenvalue weighted by molar-refractivity contribution is 5.82. The smallest absolute Gasteiger partial charge is 0.136 e. The Kier molecular flexibility index (Phi) is 3.50. The normalized spacial score (nSPS) is 48.7. The monoisotopic (exact) mass is 312 g/mol. The first kappa shape index (κ1) is 15.5. The maximum Gasteiger partial charge on any atom is 0.136 e. The minimum absolute atomic E-state index is 0.0707. The molecule has 0 unspecified atom stereocenters. The average Bonchev–Trinajstić information content (AvgIpc) is 2.88.